The second-order valence-corrected chi connectivity index (χ2v) is 1.11. The van der Waals surface area contributed by atoms with Crippen LogP contribution in [0.15, 0.2) is 0 Å². The Morgan fingerprint density at radius 3 is 2.00 bits per heavy atom. The number of rotatable bonds is 0. The summed E-state index contributed by atoms with van der Waals surface area (Å²) in [6.45, 7) is 0. The van der Waals surface area contributed by atoms with E-state index in [4.69, 9.17) is 0 Å². The predicted molar refractivity (Wildman–Crippen MR) is 22.6 cm³/mol. The lowest BCUT2D eigenvalue weighted by atomic mass is 10.4. The Morgan fingerprint density at radius 1 is 1.38 bits per heavy atom. The average Bonchev–Trinajstić information content (AvgIpc) is 1.59. The van der Waals surface area contributed by atoms with Gasteiger partial charge in [-0.05, 0) is 0 Å². The maximum absolute atomic E-state index is 11.1. The van der Waals surface area contributed by atoms with E-state index >= 15 is 0 Å². The van der Waals surface area contributed by atoms with E-state index in [1.807, 2.05) is 0 Å². The number of halogens is 3. The molecular formula is C4H4F3N. The van der Waals surface area contributed by atoms with Crippen molar-refractivity contribution in [2.24, 2.45) is 5.73 Å². The van der Waals surface area contributed by atoms with E-state index in [1.54, 1.807) is 12.0 Å². The van der Waals surface area contributed by atoms with Gasteiger partial charge in [0, 0.05) is 6.04 Å². The van der Waals surface area contributed by atoms with Crippen molar-refractivity contribution in [3.05, 3.63) is 0 Å². The zero-order valence-electron chi connectivity index (χ0n) is 3.92. The van der Waals surface area contributed by atoms with Crippen molar-refractivity contribution in [2.45, 2.75) is 12.6 Å². The fraction of sp³-hybridized carbons (Fsp3) is 0.500. The van der Waals surface area contributed by atoms with Crippen LogP contribution in [0.25, 0.3) is 0 Å². The normalized spacial score (nSPS) is 9.88. The van der Waals surface area contributed by atoms with Crippen LogP contribution in [-0.4, -0.2) is 6.18 Å². The van der Waals surface area contributed by atoms with Gasteiger partial charge in [-0.15, -0.1) is 0 Å². The Hall–Kier alpha value is -0.850. The molecule has 0 aliphatic heterocycles. The van der Waals surface area contributed by atoms with Crippen molar-refractivity contribution < 1.29 is 13.2 Å². The second-order valence-electron chi connectivity index (χ2n) is 1.11. The molecule has 8 heavy (non-hydrogen) atoms. The summed E-state index contributed by atoms with van der Waals surface area (Å²) in [4.78, 5) is 0. The smallest absolute Gasteiger partial charge is 0.359 e. The van der Waals surface area contributed by atoms with Crippen molar-refractivity contribution in [1.82, 2.24) is 0 Å². The summed E-state index contributed by atoms with van der Waals surface area (Å²) in [6, 6.07) is 1.65. The molecule has 0 aromatic rings. The molecule has 1 nitrogen and oxygen atoms in total. The van der Waals surface area contributed by atoms with E-state index in [9.17, 15) is 13.2 Å². The molecule has 0 amide bonds. The summed E-state index contributed by atoms with van der Waals surface area (Å²) in [5, 5.41) is 0. The highest BCUT2D eigenvalue weighted by Gasteiger charge is 2.24. The van der Waals surface area contributed by atoms with Gasteiger partial charge in [0.05, 0.1) is 0 Å². The van der Waals surface area contributed by atoms with Crippen LogP contribution >= 0.6 is 0 Å². The first-order chi connectivity index (χ1) is 3.56. The van der Waals surface area contributed by atoms with Crippen molar-refractivity contribution in [2.75, 3.05) is 0 Å². The zero-order valence-corrected chi connectivity index (χ0v) is 3.92. The molecule has 0 radical (unpaired) electrons. The maximum atomic E-state index is 11.1. The number of hydrogen-bond acceptors (Lipinski definition) is 1. The molecule has 0 atom stereocenters. The number of hydrogen-bond donors (Lipinski definition) is 1. The molecule has 0 heterocycles. The minimum Gasteiger partial charge on any atom is -0.359 e. The van der Waals surface area contributed by atoms with Crippen LogP contribution in [0.3, 0.4) is 0 Å². The Balaban J connectivity index is 3.50. The molecule has 0 unspecified atom stereocenters. The van der Waals surface area contributed by atoms with Gasteiger partial charge in [0.1, 0.15) is 6.42 Å². The Bertz CT molecular complexity index is 115. The SMILES string of the molecule is NC#CCC(F)(F)F. The lowest BCUT2D eigenvalue weighted by Crippen LogP contribution is -2.04. The van der Waals surface area contributed by atoms with Gasteiger partial charge >= 0.3 is 6.18 Å². The highest BCUT2D eigenvalue weighted by atomic mass is 19.4. The summed E-state index contributed by atoms with van der Waals surface area (Å²) in [5.41, 5.74) is 4.47. The molecule has 0 fully saturated rings. The van der Waals surface area contributed by atoms with E-state index in [-0.39, 0.29) is 0 Å². The first kappa shape index (κ1) is 7.15. The zero-order chi connectivity index (χ0) is 6.62. The van der Waals surface area contributed by atoms with Crippen molar-refractivity contribution in [1.29, 1.82) is 0 Å². The lowest BCUT2D eigenvalue weighted by Gasteiger charge is -1.96. The van der Waals surface area contributed by atoms with Gasteiger partial charge in [-0.2, -0.15) is 13.2 Å². The van der Waals surface area contributed by atoms with Crippen LogP contribution in [-0.2, 0) is 0 Å². The molecule has 4 heteroatoms. The van der Waals surface area contributed by atoms with Gasteiger partial charge in [-0.25, -0.2) is 0 Å². The van der Waals surface area contributed by atoms with Gasteiger partial charge in [0.2, 0.25) is 0 Å². The maximum Gasteiger partial charge on any atom is 0.399 e. The first-order valence-corrected chi connectivity index (χ1v) is 1.81. The second kappa shape index (κ2) is 2.46. The third kappa shape index (κ3) is 5.15. The Morgan fingerprint density at radius 2 is 1.88 bits per heavy atom. The van der Waals surface area contributed by atoms with Crippen LogP contribution in [0.4, 0.5) is 13.2 Å². The van der Waals surface area contributed by atoms with Crippen molar-refractivity contribution in [3.63, 3.8) is 0 Å². The number of nitrogens with two attached hydrogens (primary N) is 1. The summed E-state index contributed by atoms with van der Waals surface area (Å²) in [6.07, 6.45) is -5.32. The van der Waals surface area contributed by atoms with Crippen LogP contribution < -0.4 is 5.73 Å². The average molecular weight is 123 g/mol. The van der Waals surface area contributed by atoms with E-state index in [2.05, 4.69) is 5.73 Å². The highest BCUT2D eigenvalue weighted by molar-refractivity contribution is 4.95. The molecule has 0 aliphatic rings. The largest absolute Gasteiger partial charge is 0.399 e. The number of alkyl halides is 3. The minimum absolute atomic E-state index is 1.12. The molecule has 0 saturated heterocycles. The summed E-state index contributed by atoms with van der Waals surface area (Å²) < 4.78 is 33.3. The van der Waals surface area contributed by atoms with Gasteiger partial charge in [-0.1, -0.05) is 5.92 Å². The lowest BCUT2D eigenvalue weighted by molar-refractivity contribution is -0.123. The molecule has 0 aliphatic carbocycles. The van der Waals surface area contributed by atoms with E-state index < -0.39 is 12.6 Å². The quantitative estimate of drug-likeness (QED) is 0.375. The molecule has 0 aromatic carbocycles. The molecule has 0 spiro atoms. The van der Waals surface area contributed by atoms with Gasteiger partial charge in [-0.3, -0.25) is 0 Å². The third-order valence-electron chi connectivity index (χ3n) is 0.391. The summed E-state index contributed by atoms with van der Waals surface area (Å²) >= 11 is 0. The minimum atomic E-state index is -4.20. The standard InChI is InChI=1S/C4H4F3N/c5-4(6,7)2-1-3-8/h2,8H2. The molecule has 0 rings (SSSR count). The van der Waals surface area contributed by atoms with Crippen LogP contribution in [0.2, 0.25) is 0 Å². The molecule has 0 saturated carbocycles. The summed E-state index contributed by atoms with van der Waals surface area (Å²) in [7, 11) is 0. The summed E-state index contributed by atoms with van der Waals surface area (Å²) in [5.74, 6) is 1.69. The Labute approximate surface area is 44.7 Å². The molecule has 0 bridgehead atoms. The fourth-order valence-corrected chi connectivity index (χ4v) is 0.151. The van der Waals surface area contributed by atoms with Crippen molar-refractivity contribution in [3.8, 4) is 12.0 Å². The molecule has 0 aromatic heterocycles. The molecule has 2 N–H and O–H groups in total. The monoisotopic (exact) mass is 123 g/mol. The fourth-order valence-electron chi connectivity index (χ4n) is 0.151. The third-order valence-corrected chi connectivity index (χ3v) is 0.391. The predicted octanol–water partition coefficient (Wildman–Crippen LogP) is 0.858. The van der Waals surface area contributed by atoms with E-state index in [0.29, 0.717) is 0 Å². The molecular weight excluding hydrogens is 119 g/mol. The van der Waals surface area contributed by atoms with Gasteiger partial charge in [0.15, 0.2) is 0 Å². The van der Waals surface area contributed by atoms with E-state index in [1.165, 1.54) is 0 Å². The van der Waals surface area contributed by atoms with Crippen LogP contribution in [0.1, 0.15) is 6.42 Å². The topological polar surface area (TPSA) is 26.0 Å². The first-order valence-electron chi connectivity index (χ1n) is 1.81. The van der Waals surface area contributed by atoms with Gasteiger partial charge < -0.3 is 5.73 Å². The van der Waals surface area contributed by atoms with Crippen LogP contribution in [0.5, 0.6) is 0 Å². The van der Waals surface area contributed by atoms with Crippen molar-refractivity contribution >= 4 is 0 Å². The van der Waals surface area contributed by atoms with Crippen LogP contribution in [0, 0.1) is 12.0 Å². The Kier molecular flexibility index (Phi) is 2.19. The van der Waals surface area contributed by atoms with E-state index in [0.717, 1.165) is 0 Å². The van der Waals surface area contributed by atoms with Gasteiger partial charge in [0.25, 0.3) is 0 Å². The highest BCUT2D eigenvalue weighted by Crippen LogP contribution is 2.17. The molecule has 46 valence electrons.